The molecule has 0 saturated heterocycles. The van der Waals surface area contributed by atoms with Gasteiger partial charge in [0.1, 0.15) is 0 Å². The second kappa shape index (κ2) is 9.67. The molecule has 1 N–H and O–H groups in total. The van der Waals surface area contributed by atoms with Crippen LogP contribution in [0.2, 0.25) is 0 Å². The van der Waals surface area contributed by atoms with E-state index >= 15 is 0 Å². The van der Waals surface area contributed by atoms with Gasteiger partial charge < -0.3 is 0 Å². The monoisotopic (exact) mass is 397 g/mol. The van der Waals surface area contributed by atoms with Gasteiger partial charge in [-0.1, -0.05) is 78.4 Å². The van der Waals surface area contributed by atoms with Crippen molar-refractivity contribution in [1.29, 1.82) is 0 Å². The normalized spacial score (nSPS) is 10.7. The minimum Gasteiger partial charge on any atom is -0.296 e. The predicted molar refractivity (Wildman–Crippen MR) is 114 cm³/mol. The van der Waals surface area contributed by atoms with Crippen LogP contribution in [0, 0.1) is 6.92 Å². The molecule has 1 aromatic heterocycles. The zero-order valence-corrected chi connectivity index (χ0v) is 17.2. The summed E-state index contributed by atoms with van der Waals surface area (Å²) in [4.78, 5) is 12.4. The summed E-state index contributed by atoms with van der Waals surface area (Å²) in [6, 6.07) is 16.2. The fraction of sp³-hybridized carbons (Fsp3) is 0.286. The van der Waals surface area contributed by atoms with E-state index in [1.165, 1.54) is 40.9 Å². The first-order valence-electron chi connectivity index (χ1n) is 9.06. The number of anilines is 1. The topological polar surface area (TPSA) is 54.9 Å². The summed E-state index contributed by atoms with van der Waals surface area (Å²) in [6.45, 7) is 4.26. The van der Waals surface area contributed by atoms with Crippen LogP contribution >= 0.6 is 23.1 Å². The Morgan fingerprint density at radius 1 is 1.04 bits per heavy atom. The molecular weight excluding hydrogens is 374 g/mol. The van der Waals surface area contributed by atoms with E-state index in [0.29, 0.717) is 10.7 Å². The van der Waals surface area contributed by atoms with Crippen LogP contribution < -0.4 is 5.32 Å². The van der Waals surface area contributed by atoms with E-state index in [4.69, 9.17) is 0 Å². The first-order valence-corrected chi connectivity index (χ1v) is 10.9. The van der Waals surface area contributed by atoms with Crippen molar-refractivity contribution in [2.75, 3.05) is 5.32 Å². The van der Waals surface area contributed by atoms with Gasteiger partial charge >= 0.3 is 0 Å². The van der Waals surface area contributed by atoms with Gasteiger partial charge in [0.2, 0.25) is 5.13 Å². The highest BCUT2D eigenvalue weighted by Crippen LogP contribution is 2.28. The van der Waals surface area contributed by atoms with E-state index < -0.39 is 0 Å². The summed E-state index contributed by atoms with van der Waals surface area (Å²) < 4.78 is 0.848. The fourth-order valence-corrected chi connectivity index (χ4v) is 4.22. The highest BCUT2D eigenvalue weighted by Gasteiger charge is 2.11. The quantitative estimate of drug-likeness (QED) is 0.389. The fourth-order valence-electron chi connectivity index (χ4n) is 2.52. The second-order valence-corrected chi connectivity index (χ2v) is 8.60. The Labute approximate surface area is 168 Å². The lowest BCUT2D eigenvalue weighted by atomic mass is 10.1. The summed E-state index contributed by atoms with van der Waals surface area (Å²) in [7, 11) is 0. The molecule has 4 nitrogen and oxygen atoms in total. The average Bonchev–Trinajstić information content (AvgIpc) is 3.13. The van der Waals surface area contributed by atoms with Crippen LogP contribution in [0.5, 0.6) is 0 Å². The van der Waals surface area contributed by atoms with Gasteiger partial charge in [0.15, 0.2) is 4.34 Å². The Morgan fingerprint density at radius 3 is 2.44 bits per heavy atom. The maximum atomic E-state index is 12.4. The van der Waals surface area contributed by atoms with E-state index in [2.05, 4.69) is 53.6 Å². The summed E-state index contributed by atoms with van der Waals surface area (Å²) in [6.07, 6.45) is 3.39. The molecule has 0 aliphatic carbocycles. The van der Waals surface area contributed by atoms with Crippen molar-refractivity contribution in [3.63, 3.8) is 0 Å². The number of hydrogen-bond donors (Lipinski definition) is 1. The van der Waals surface area contributed by atoms with Crippen molar-refractivity contribution < 1.29 is 4.79 Å². The Balaban J connectivity index is 1.53. The number of amides is 1. The smallest absolute Gasteiger partial charge is 0.257 e. The average molecular weight is 398 g/mol. The molecule has 0 spiro atoms. The Bertz CT molecular complexity index is 873. The number of nitrogens with zero attached hydrogens (tertiary/aromatic N) is 2. The number of thioether (sulfide) groups is 1. The van der Waals surface area contributed by atoms with Crippen molar-refractivity contribution in [2.24, 2.45) is 0 Å². The lowest BCUT2D eigenvalue weighted by Gasteiger charge is -2.03. The molecule has 0 aliphatic heterocycles. The maximum Gasteiger partial charge on any atom is 0.257 e. The van der Waals surface area contributed by atoms with E-state index in [1.807, 2.05) is 24.3 Å². The van der Waals surface area contributed by atoms with E-state index in [-0.39, 0.29) is 5.91 Å². The summed E-state index contributed by atoms with van der Waals surface area (Å²) >= 11 is 3.03. The van der Waals surface area contributed by atoms with Crippen LogP contribution in [-0.2, 0) is 12.2 Å². The zero-order chi connectivity index (χ0) is 19.1. The van der Waals surface area contributed by atoms with Gasteiger partial charge in [-0.3, -0.25) is 10.1 Å². The van der Waals surface area contributed by atoms with Crippen LogP contribution in [0.25, 0.3) is 0 Å². The molecule has 0 unspecified atom stereocenters. The molecule has 1 heterocycles. The molecule has 6 heteroatoms. The molecule has 0 saturated carbocycles. The van der Waals surface area contributed by atoms with Crippen LogP contribution in [0.4, 0.5) is 5.13 Å². The number of aryl methyl sites for hydroxylation is 2. The number of carbonyl (C=O) groups excluding carboxylic acids is 1. The van der Waals surface area contributed by atoms with Crippen LogP contribution in [0.1, 0.15) is 46.8 Å². The Kier molecular flexibility index (Phi) is 7.01. The van der Waals surface area contributed by atoms with Crippen LogP contribution in [0.3, 0.4) is 0 Å². The first kappa shape index (κ1) is 19.6. The predicted octanol–water partition coefficient (Wildman–Crippen LogP) is 5.73. The molecule has 0 atom stereocenters. The molecule has 27 heavy (non-hydrogen) atoms. The summed E-state index contributed by atoms with van der Waals surface area (Å²) in [5.74, 6) is 0.686. The van der Waals surface area contributed by atoms with Gasteiger partial charge in [-0.15, -0.1) is 10.2 Å². The molecule has 3 rings (SSSR count). The Morgan fingerprint density at radius 2 is 1.74 bits per heavy atom. The second-order valence-electron chi connectivity index (χ2n) is 6.40. The van der Waals surface area contributed by atoms with Crippen LogP contribution in [-0.4, -0.2) is 16.1 Å². The molecule has 0 bridgehead atoms. The van der Waals surface area contributed by atoms with Gasteiger partial charge in [-0.25, -0.2) is 0 Å². The number of unbranched alkanes of at least 4 members (excludes halogenated alkanes) is 1. The number of carbonyl (C=O) groups is 1. The Hall–Kier alpha value is -2.18. The molecule has 1 amide bonds. The van der Waals surface area contributed by atoms with E-state index in [0.717, 1.165) is 16.5 Å². The highest BCUT2D eigenvalue weighted by atomic mass is 32.2. The van der Waals surface area contributed by atoms with Gasteiger partial charge in [-0.05, 0) is 43.0 Å². The number of rotatable bonds is 8. The van der Waals surface area contributed by atoms with Crippen molar-refractivity contribution in [3.8, 4) is 0 Å². The minimum atomic E-state index is -0.150. The molecule has 0 aliphatic rings. The molecule has 0 radical (unpaired) electrons. The minimum absolute atomic E-state index is 0.150. The van der Waals surface area contributed by atoms with E-state index in [9.17, 15) is 4.79 Å². The van der Waals surface area contributed by atoms with Crippen LogP contribution in [0.15, 0.2) is 52.9 Å². The molecule has 3 aromatic rings. The zero-order valence-electron chi connectivity index (χ0n) is 15.6. The maximum absolute atomic E-state index is 12.4. The number of hydrogen-bond acceptors (Lipinski definition) is 5. The van der Waals surface area contributed by atoms with Crippen molar-refractivity contribution in [3.05, 3.63) is 70.8 Å². The SMILES string of the molecule is CCCCc1ccc(C(=O)Nc2nnc(SCc3ccc(C)cc3)s2)cc1. The number of benzene rings is 2. The number of nitrogens with one attached hydrogen (secondary N) is 1. The molecule has 2 aromatic carbocycles. The third kappa shape index (κ3) is 5.91. The number of aromatic nitrogens is 2. The molecular formula is C21H23N3OS2. The molecule has 0 fully saturated rings. The standard InChI is InChI=1S/C21H23N3OS2/c1-3-4-5-16-10-12-18(13-11-16)19(25)22-20-23-24-21(27-20)26-14-17-8-6-15(2)7-9-17/h6-13H,3-5,14H2,1-2H3,(H,22,23,25). The summed E-state index contributed by atoms with van der Waals surface area (Å²) in [5.41, 5.74) is 4.40. The van der Waals surface area contributed by atoms with Crippen molar-refractivity contribution >= 4 is 34.1 Å². The van der Waals surface area contributed by atoms with Crippen molar-refractivity contribution in [2.45, 2.75) is 43.2 Å². The third-order valence-electron chi connectivity index (χ3n) is 4.14. The first-order chi connectivity index (χ1) is 13.1. The summed E-state index contributed by atoms with van der Waals surface area (Å²) in [5, 5.41) is 11.6. The van der Waals surface area contributed by atoms with Crippen molar-refractivity contribution in [1.82, 2.24) is 10.2 Å². The highest BCUT2D eigenvalue weighted by molar-refractivity contribution is 8.00. The van der Waals surface area contributed by atoms with Gasteiger partial charge in [-0.2, -0.15) is 0 Å². The van der Waals surface area contributed by atoms with Gasteiger partial charge in [0, 0.05) is 11.3 Å². The van der Waals surface area contributed by atoms with E-state index in [1.54, 1.807) is 11.8 Å². The lowest BCUT2D eigenvalue weighted by molar-refractivity contribution is 0.102. The molecule has 140 valence electrons. The third-order valence-corrected chi connectivity index (χ3v) is 6.19. The van der Waals surface area contributed by atoms with Gasteiger partial charge in [0.05, 0.1) is 0 Å². The lowest BCUT2D eigenvalue weighted by Crippen LogP contribution is -2.11. The van der Waals surface area contributed by atoms with Gasteiger partial charge in [0.25, 0.3) is 5.91 Å². The largest absolute Gasteiger partial charge is 0.296 e.